The maximum Gasteiger partial charge on any atom is 0.297 e. The summed E-state index contributed by atoms with van der Waals surface area (Å²) < 4.78 is 36.0. The third-order valence-electron chi connectivity index (χ3n) is 2.38. The Bertz CT molecular complexity index is 284. The molecule has 0 bridgehead atoms. The van der Waals surface area contributed by atoms with Crippen molar-refractivity contribution in [3.8, 4) is 0 Å². The van der Waals surface area contributed by atoms with Crippen molar-refractivity contribution >= 4 is 10.1 Å². The molecule has 84 valence electrons. The van der Waals surface area contributed by atoms with E-state index in [1.165, 1.54) is 6.92 Å². The lowest BCUT2D eigenvalue weighted by molar-refractivity contribution is -0.0791. The quantitative estimate of drug-likeness (QED) is 0.531. The summed E-state index contributed by atoms with van der Waals surface area (Å²) in [6.45, 7) is 2.63. The Morgan fingerprint density at radius 1 is 1.64 bits per heavy atom. The van der Waals surface area contributed by atoms with Gasteiger partial charge in [-0.1, -0.05) is 6.92 Å². The molecule has 1 heterocycles. The van der Waals surface area contributed by atoms with E-state index in [0.717, 1.165) is 0 Å². The van der Waals surface area contributed by atoms with Crippen molar-refractivity contribution in [2.75, 3.05) is 19.7 Å². The van der Waals surface area contributed by atoms with Crippen molar-refractivity contribution in [2.45, 2.75) is 24.4 Å². The Morgan fingerprint density at radius 2 is 2.29 bits per heavy atom. The molecule has 0 aromatic carbocycles. The highest BCUT2D eigenvalue weighted by atomic mass is 32.2. The van der Waals surface area contributed by atoms with Crippen LogP contribution in [0.2, 0.25) is 0 Å². The zero-order valence-corrected chi connectivity index (χ0v) is 8.75. The predicted octanol–water partition coefficient (Wildman–Crippen LogP) is -1.04. The van der Waals surface area contributed by atoms with Gasteiger partial charge in [-0.2, -0.15) is 8.42 Å². The van der Waals surface area contributed by atoms with Gasteiger partial charge < -0.3 is 15.2 Å². The molecule has 0 aromatic heterocycles. The molecule has 0 radical (unpaired) electrons. The van der Waals surface area contributed by atoms with Gasteiger partial charge in [-0.05, 0) is 6.42 Å². The van der Waals surface area contributed by atoms with E-state index in [0.29, 0.717) is 13.2 Å². The molecule has 1 fully saturated rings. The summed E-state index contributed by atoms with van der Waals surface area (Å²) in [5.41, 5.74) is 0. The average molecular weight is 225 g/mol. The average Bonchev–Trinajstić information content (AvgIpc) is 2.16. The first-order valence-corrected chi connectivity index (χ1v) is 5.87. The molecule has 2 atom stereocenters. The summed E-state index contributed by atoms with van der Waals surface area (Å²) in [6.07, 6.45) is -1.03. The smallest absolute Gasteiger partial charge is 0.297 e. The zero-order chi connectivity index (χ0) is 10.8. The summed E-state index contributed by atoms with van der Waals surface area (Å²) in [7, 11) is -4.52. The summed E-state index contributed by atoms with van der Waals surface area (Å²) >= 11 is 0. The van der Waals surface area contributed by atoms with E-state index in [1.54, 1.807) is 0 Å². The van der Waals surface area contributed by atoms with Gasteiger partial charge in [0.25, 0.3) is 10.1 Å². The number of hydrogen-bond donors (Lipinski definition) is 3. The van der Waals surface area contributed by atoms with Crippen LogP contribution < -0.4 is 5.32 Å². The molecular weight excluding hydrogens is 210 g/mol. The second kappa shape index (κ2) is 4.11. The van der Waals surface area contributed by atoms with E-state index < -0.39 is 21.2 Å². The second-order valence-corrected chi connectivity index (χ2v) is 4.89. The summed E-state index contributed by atoms with van der Waals surface area (Å²) in [6, 6.07) is 0. The molecule has 1 saturated heterocycles. The SMILES string of the molecule is CCC(O)(C1CNCCO1)S(=O)(=O)O. The maximum atomic E-state index is 11.0. The molecule has 2 unspecified atom stereocenters. The number of morpholine rings is 1. The van der Waals surface area contributed by atoms with Gasteiger partial charge in [-0.15, -0.1) is 0 Å². The Hall–Kier alpha value is -0.210. The van der Waals surface area contributed by atoms with Crippen molar-refractivity contribution in [3.05, 3.63) is 0 Å². The highest BCUT2D eigenvalue weighted by molar-refractivity contribution is 7.87. The molecule has 14 heavy (non-hydrogen) atoms. The minimum absolute atomic E-state index is 0.113. The summed E-state index contributed by atoms with van der Waals surface area (Å²) in [4.78, 5) is -2.21. The predicted molar refractivity (Wildman–Crippen MR) is 49.4 cm³/mol. The molecule has 3 N–H and O–H groups in total. The van der Waals surface area contributed by atoms with Crippen LogP contribution in [0.3, 0.4) is 0 Å². The number of rotatable bonds is 3. The standard InChI is InChI=1S/C7H15NO5S/c1-2-7(9,14(10,11)12)6-5-8-3-4-13-6/h6,8-9H,2-5H2,1H3,(H,10,11,12). The largest absolute Gasteiger partial charge is 0.371 e. The Balaban J connectivity index is 2.88. The van der Waals surface area contributed by atoms with E-state index in [4.69, 9.17) is 9.29 Å². The van der Waals surface area contributed by atoms with Crippen LogP contribution in [0, 0.1) is 0 Å². The van der Waals surface area contributed by atoms with Gasteiger partial charge in [0.2, 0.25) is 4.93 Å². The molecule has 1 rings (SSSR count). The number of ether oxygens (including phenoxy) is 1. The van der Waals surface area contributed by atoms with E-state index >= 15 is 0 Å². The third-order valence-corrected chi connectivity index (χ3v) is 3.83. The fourth-order valence-electron chi connectivity index (χ4n) is 1.43. The zero-order valence-electron chi connectivity index (χ0n) is 7.93. The van der Waals surface area contributed by atoms with E-state index in [9.17, 15) is 13.5 Å². The first-order valence-electron chi connectivity index (χ1n) is 4.43. The fourth-order valence-corrected chi connectivity index (χ4v) is 2.28. The van der Waals surface area contributed by atoms with Crippen molar-refractivity contribution in [1.82, 2.24) is 5.32 Å². The topological polar surface area (TPSA) is 95.9 Å². The van der Waals surface area contributed by atoms with Crippen molar-refractivity contribution in [2.24, 2.45) is 0 Å². The molecule has 0 aliphatic carbocycles. The highest BCUT2D eigenvalue weighted by Crippen LogP contribution is 2.24. The van der Waals surface area contributed by atoms with Gasteiger partial charge in [0.05, 0.1) is 6.61 Å². The van der Waals surface area contributed by atoms with Crippen LogP contribution in [0.4, 0.5) is 0 Å². The Morgan fingerprint density at radius 3 is 2.64 bits per heavy atom. The van der Waals surface area contributed by atoms with Crippen LogP contribution in [-0.2, 0) is 14.9 Å². The van der Waals surface area contributed by atoms with Gasteiger partial charge in [0.1, 0.15) is 6.10 Å². The molecule has 0 spiro atoms. The van der Waals surface area contributed by atoms with E-state index in [2.05, 4.69) is 5.32 Å². The van der Waals surface area contributed by atoms with Crippen LogP contribution >= 0.6 is 0 Å². The lowest BCUT2D eigenvalue weighted by atomic mass is 10.1. The molecule has 0 saturated carbocycles. The maximum absolute atomic E-state index is 11.0. The lowest BCUT2D eigenvalue weighted by Gasteiger charge is -2.35. The first kappa shape index (κ1) is 11.9. The molecule has 0 aromatic rings. The number of hydrogen-bond acceptors (Lipinski definition) is 5. The van der Waals surface area contributed by atoms with Crippen molar-refractivity contribution in [3.63, 3.8) is 0 Å². The fraction of sp³-hybridized carbons (Fsp3) is 1.00. The Kier molecular flexibility index (Phi) is 3.49. The van der Waals surface area contributed by atoms with Crippen molar-refractivity contribution < 1.29 is 22.8 Å². The van der Waals surface area contributed by atoms with Crippen LogP contribution in [0.15, 0.2) is 0 Å². The minimum atomic E-state index is -4.52. The first-order chi connectivity index (χ1) is 6.42. The molecule has 1 aliphatic heterocycles. The molecule has 7 heteroatoms. The van der Waals surface area contributed by atoms with Gasteiger partial charge in [-0.25, -0.2) is 0 Å². The van der Waals surface area contributed by atoms with Crippen LogP contribution in [0.5, 0.6) is 0 Å². The van der Waals surface area contributed by atoms with Crippen LogP contribution in [-0.4, -0.2) is 48.8 Å². The summed E-state index contributed by atoms with van der Waals surface area (Å²) in [5, 5.41) is 12.7. The van der Waals surface area contributed by atoms with Crippen LogP contribution in [0.1, 0.15) is 13.3 Å². The third kappa shape index (κ3) is 2.06. The number of aliphatic hydroxyl groups is 1. The Labute approximate surface area is 83.0 Å². The highest BCUT2D eigenvalue weighted by Gasteiger charge is 2.48. The van der Waals surface area contributed by atoms with E-state index in [-0.39, 0.29) is 13.0 Å². The van der Waals surface area contributed by atoms with E-state index in [1.807, 2.05) is 0 Å². The van der Waals surface area contributed by atoms with Gasteiger partial charge >= 0.3 is 0 Å². The molecular formula is C7H15NO5S. The van der Waals surface area contributed by atoms with Crippen molar-refractivity contribution in [1.29, 1.82) is 0 Å². The molecule has 1 aliphatic rings. The second-order valence-electron chi connectivity index (χ2n) is 3.24. The van der Waals surface area contributed by atoms with Gasteiger partial charge in [-0.3, -0.25) is 4.55 Å². The summed E-state index contributed by atoms with van der Waals surface area (Å²) in [5.74, 6) is 0. The molecule has 6 nitrogen and oxygen atoms in total. The van der Waals surface area contributed by atoms with Gasteiger partial charge in [0.15, 0.2) is 0 Å². The monoisotopic (exact) mass is 225 g/mol. The van der Waals surface area contributed by atoms with Gasteiger partial charge in [0, 0.05) is 13.1 Å². The molecule has 0 amide bonds. The lowest BCUT2D eigenvalue weighted by Crippen LogP contribution is -2.56. The number of nitrogens with one attached hydrogen (secondary N) is 1. The minimum Gasteiger partial charge on any atom is -0.371 e. The normalized spacial score (nSPS) is 28.4. The van der Waals surface area contributed by atoms with Crippen LogP contribution in [0.25, 0.3) is 0 Å².